The van der Waals surface area contributed by atoms with E-state index in [2.05, 4.69) is 6.92 Å². The van der Waals surface area contributed by atoms with Gasteiger partial charge in [-0.1, -0.05) is 0 Å². The van der Waals surface area contributed by atoms with Crippen LogP contribution in [-0.2, 0) is 0 Å². The summed E-state index contributed by atoms with van der Waals surface area (Å²) in [6, 6.07) is 0. The van der Waals surface area contributed by atoms with Gasteiger partial charge in [0.05, 0.1) is 0 Å². The molecular weight excluding hydrogens is 112 g/mol. The molecule has 1 N–H and O–H groups in total. The van der Waals surface area contributed by atoms with E-state index < -0.39 is 0 Å². The van der Waals surface area contributed by atoms with Gasteiger partial charge in [0.15, 0.2) is 0 Å². The zero-order valence-electron chi connectivity index (χ0n) is 6.31. The molecule has 0 aromatic rings. The molecule has 0 unspecified atom stereocenters. The number of allylic oxidation sites excluding steroid dienone is 1. The summed E-state index contributed by atoms with van der Waals surface area (Å²) in [5, 5.41) is 7.05. The Bertz CT molecular complexity index is 116. The SMILES string of the molecule is CCN(C)/C=C/C(C)=N. The van der Waals surface area contributed by atoms with E-state index in [1.165, 1.54) is 0 Å². The first-order chi connectivity index (χ1) is 4.16. The van der Waals surface area contributed by atoms with E-state index in [-0.39, 0.29) is 0 Å². The lowest BCUT2D eigenvalue weighted by Gasteiger charge is -2.08. The highest BCUT2D eigenvalue weighted by atomic mass is 15.1. The Morgan fingerprint density at radius 2 is 2.22 bits per heavy atom. The number of hydrogen-bond donors (Lipinski definition) is 1. The van der Waals surface area contributed by atoms with E-state index in [4.69, 9.17) is 5.41 Å². The van der Waals surface area contributed by atoms with Crippen LogP contribution in [-0.4, -0.2) is 24.2 Å². The van der Waals surface area contributed by atoms with Crippen molar-refractivity contribution >= 4 is 5.71 Å². The molecule has 0 radical (unpaired) electrons. The van der Waals surface area contributed by atoms with E-state index in [0.29, 0.717) is 5.71 Å². The van der Waals surface area contributed by atoms with E-state index >= 15 is 0 Å². The molecule has 9 heavy (non-hydrogen) atoms. The number of nitrogens with zero attached hydrogens (tertiary/aromatic N) is 1. The minimum atomic E-state index is 0.593. The van der Waals surface area contributed by atoms with Gasteiger partial charge in [0.25, 0.3) is 0 Å². The summed E-state index contributed by atoms with van der Waals surface area (Å²) in [4.78, 5) is 2.03. The third-order valence-corrected chi connectivity index (χ3v) is 1.08. The fourth-order valence-corrected chi connectivity index (χ4v) is 0.344. The molecule has 0 saturated carbocycles. The average molecular weight is 126 g/mol. The van der Waals surface area contributed by atoms with E-state index in [9.17, 15) is 0 Å². The lowest BCUT2D eigenvalue weighted by atomic mass is 10.4. The minimum absolute atomic E-state index is 0.593. The summed E-state index contributed by atoms with van der Waals surface area (Å²) in [5.74, 6) is 0. The molecule has 0 fully saturated rings. The zero-order chi connectivity index (χ0) is 7.28. The van der Waals surface area contributed by atoms with Crippen LogP contribution in [0.15, 0.2) is 12.3 Å². The van der Waals surface area contributed by atoms with Gasteiger partial charge in [0, 0.05) is 25.5 Å². The predicted octanol–water partition coefficient (Wildman–Crippen LogP) is 1.49. The van der Waals surface area contributed by atoms with Gasteiger partial charge in [-0.3, -0.25) is 0 Å². The highest BCUT2D eigenvalue weighted by Crippen LogP contribution is 1.82. The smallest absolute Gasteiger partial charge is 0.0297 e. The van der Waals surface area contributed by atoms with Gasteiger partial charge in [0.1, 0.15) is 0 Å². The van der Waals surface area contributed by atoms with Crippen molar-refractivity contribution in [1.82, 2.24) is 4.90 Å². The maximum atomic E-state index is 7.05. The van der Waals surface area contributed by atoms with Crippen molar-refractivity contribution in [3.8, 4) is 0 Å². The van der Waals surface area contributed by atoms with E-state index in [1.54, 1.807) is 13.0 Å². The van der Waals surface area contributed by atoms with Crippen LogP contribution < -0.4 is 0 Å². The Morgan fingerprint density at radius 1 is 1.67 bits per heavy atom. The van der Waals surface area contributed by atoms with Crippen molar-refractivity contribution in [2.24, 2.45) is 0 Å². The van der Waals surface area contributed by atoms with Gasteiger partial charge in [-0.25, -0.2) is 0 Å². The first kappa shape index (κ1) is 8.21. The normalized spacial score (nSPS) is 10.1. The van der Waals surface area contributed by atoms with Crippen LogP contribution in [0.25, 0.3) is 0 Å². The minimum Gasteiger partial charge on any atom is -0.381 e. The Morgan fingerprint density at radius 3 is 2.56 bits per heavy atom. The molecule has 0 bridgehead atoms. The Labute approximate surface area is 56.7 Å². The lowest BCUT2D eigenvalue weighted by Crippen LogP contribution is -2.08. The molecule has 0 saturated heterocycles. The maximum absolute atomic E-state index is 7.05. The van der Waals surface area contributed by atoms with Crippen molar-refractivity contribution in [2.45, 2.75) is 13.8 Å². The second-order valence-electron chi connectivity index (χ2n) is 2.07. The monoisotopic (exact) mass is 126 g/mol. The first-order valence-corrected chi connectivity index (χ1v) is 3.10. The molecule has 0 rings (SSSR count). The fourth-order valence-electron chi connectivity index (χ4n) is 0.344. The van der Waals surface area contributed by atoms with Gasteiger partial charge < -0.3 is 10.3 Å². The van der Waals surface area contributed by atoms with Gasteiger partial charge in [-0.15, -0.1) is 0 Å². The highest BCUT2D eigenvalue weighted by molar-refractivity contribution is 5.89. The average Bonchev–Trinajstić information content (AvgIpc) is 1.83. The summed E-state index contributed by atoms with van der Waals surface area (Å²) in [5.41, 5.74) is 0.593. The molecule has 0 atom stereocenters. The molecule has 0 amide bonds. The van der Waals surface area contributed by atoms with Crippen LogP contribution in [0.5, 0.6) is 0 Å². The molecule has 0 aliphatic heterocycles. The molecular formula is C7H14N2. The Balaban J connectivity index is 3.56. The number of nitrogens with one attached hydrogen (secondary N) is 1. The van der Waals surface area contributed by atoms with Gasteiger partial charge in [-0.2, -0.15) is 0 Å². The number of hydrogen-bond acceptors (Lipinski definition) is 2. The van der Waals surface area contributed by atoms with Crippen molar-refractivity contribution in [3.63, 3.8) is 0 Å². The topological polar surface area (TPSA) is 27.1 Å². The summed E-state index contributed by atoms with van der Waals surface area (Å²) in [6.07, 6.45) is 3.69. The third-order valence-electron chi connectivity index (χ3n) is 1.08. The third kappa shape index (κ3) is 5.07. The van der Waals surface area contributed by atoms with Crippen LogP contribution in [0.4, 0.5) is 0 Å². The Hall–Kier alpha value is -0.790. The summed E-state index contributed by atoms with van der Waals surface area (Å²) < 4.78 is 0. The lowest BCUT2D eigenvalue weighted by molar-refractivity contribution is 0.484. The number of rotatable bonds is 3. The predicted molar refractivity (Wildman–Crippen MR) is 40.8 cm³/mol. The molecule has 0 heterocycles. The summed E-state index contributed by atoms with van der Waals surface area (Å²) in [6.45, 7) is 4.83. The maximum Gasteiger partial charge on any atom is 0.0297 e. The van der Waals surface area contributed by atoms with Crippen LogP contribution in [0.1, 0.15) is 13.8 Å². The standard InChI is InChI=1S/C7H14N2/c1-4-9(3)6-5-7(2)8/h5-6,8H,4H2,1-3H3/b6-5+,8-7?. The van der Waals surface area contributed by atoms with Crippen molar-refractivity contribution in [3.05, 3.63) is 12.3 Å². The first-order valence-electron chi connectivity index (χ1n) is 3.10. The zero-order valence-corrected chi connectivity index (χ0v) is 6.31. The van der Waals surface area contributed by atoms with Crippen molar-refractivity contribution in [1.29, 1.82) is 5.41 Å². The molecule has 0 aromatic heterocycles. The van der Waals surface area contributed by atoms with Crippen LogP contribution >= 0.6 is 0 Å². The Kier molecular flexibility index (Phi) is 3.76. The molecule has 0 aliphatic carbocycles. The summed E-state index contributed by atoms with van der Waals surface area (Å²) in [7, 11) is 1.99. The van der Waals surface area contributed by atoms with Gasteiger partial charge in [0.2, 0.25) is 0 Å². The largest absolute Gasteiger partial charge is 0.381 e. The van der Waals surface area contributed by atoms with Gasteiger partial charge in [-0.05, 0) is 19.9 Å². The second-order valence-corrected chi connectivity index (χ2v) is 2.07. The van der Waals surface area contributed by atoms with Crippen LogP contribution in [0.3, 0.4) is 0 Å². The summed E-state index contributed by atoms with van der Waals surface area (Å²) >= 11 is 0. The van der Waals surface area contributed by atoms with Crippen LogP contribution in [0.2, 0.25) is 0 Å². The molecule has 0 aliphatic rings. The van der Waals surface area contributed by atoms with E-state index in [1.807, 2.05) is 18.1 Å². The molecule has 2 heteroatoms. The quantitative estimate of drug-likeness (QED) is 0.570. The molecule has 52 valence electrons. The highest BCUT2D eigenvalue weighted by Gasteiger charge is 1.81. The fraction of sp³-hybridized carbons (Fsp3) is 0.571. The second kappa shape index (κ2) is 4.13. The molecule has 0 spiro atoms. The van der Waals surface area contributed by atoms with Gasteiger partial charge >= 0.3 is 0 Å². The van der Waals surface area contributed by atoms with Crippen molar-refractivity contribution in [2.75, 3.05) is 13.6 Å². The van der Waals surface area contributed by atoms with E-state index in [0.717, 1.165) is 6.54 Å². The molecule has 2 nitrogen and oxygen atoms in total. The van der Waals surface area contributed by atoms with Crippen LogP contribution in [0, 0.1) is 5.41 Å². The molecule has 0 aromatic carbocycles. The van der Waals surface area contributed by atoms with Crippen molar-refractivity contribution < 1.29 is 0 Å².